The molecule has 1 aromatic carbocycles. The Morgan fingerprint density at radius 2 is 1.77 bits per heavy atom. The Hall–Kier alpha value is -2.83. The normalized spacial score (nSPS) is 17.1. The molecule has 1 aromatic heterocycles. The molecule has 0 radical (unpaired) electrons. The summed E-state index contributed by atoms with van der Waals surface area (Å²) in [6, 6.07) is 10.8. The SMILES string of the molecule is O=C(Nc1ccc(N2CCN(c3ccccc3F)CC2)nc1)NC1CC1. The summed E-state index contributed by atoms with van der Waals surface area (Å²) in [7, 11) is 0. The smallest absolute Gasteiger partial charge is 0.319 e. The van der Waals surface area contributed by atoms with Crippen LogP contribution in [0.2, 0.25) is 0 Å². The molecular weight excluding hydrogens is 333 g/mol. The van der Waals surface area contributed by atoms with Gasteiger partial charge in [-0.05, 0) is 37.1 Å². The van der Waals surface area contributed by atoms with E-state index < -0.39 is 0 Å². The zero-order valence-corrected chi connectivity index (χ0v) is 14.5. The molecule has 0 atom stereocenters. The monoisotopic (exact) mass is 355 g/mol. The third-order valence-electron chi connectivity index (χ3n) is 4.72. The van der Waals surface area contributed by atoms with Gasteiger partial charge in [0.15, 0.2) is 0 Å². The maximum Gasteiger partial charge on any atom is 0.319 e. The quantitative estimate of drug-likeness (QED) is 0.885. The summed E-state index contributed by atoms with van der Waals surface area (Å²) in [5, 5.41) is 5.68. The van der Waals surface area contributed by atoms with Gasteiger partial charge in [-0.1, -0.05) is 12.1 Å². The van der Waals surface area contributed by atoms with Gasteiger partial charge in [-0.15, -0.1) is 0 Å². The van der Waals surface area contributed by atoms with Crippen molar-refractivity contribution < 1.29 is 9.18 Å². The number of benzene rings is 1. The molecule has 0 spiro atoms. The van der Waals surface area contributed by atoms with Crippen LogP contribution >= 0.6 is 0 Å². The average Bonchev–Trinajstić information content (AvgIpc) is 3.47. The van der Waals surface area contributed by atoms with Gasteiger partial charge < -0.3 is 20.4 Å². The largest absolute Gasteiger partial charge is 0.366 e. The first kappa shape index (κ1) is 16.6. The molecule has 4 rings (SSSR count). The van der Waals surface area contributed by atoms with E-state index in [1.54, 1.807) is 12.3 Å². The van der Waals surface area contributed by atoms with Crippen LogP contribution in [0.5, 0.6) is 0 Å². The highest BCUT2D eigenvalue weighted by Gasteiger charge is 2.23. The number of halogens is 1. The highest BCUT2D eigenvalue weighted by molar-refractivity contribution is 5.89. The lowest BCUT2D eigenvalue weighted by Crippen LogP contribution is -2.47. The van der Waals surface area contributed by atoms with E-state index in [4.69, 9.17) is 0 Å². The number of hydrogen-bond acceptors (Lipinski definition) is 4. The fraction of sp³-hybridized carbons (Fsp3) is 0.368. The minimum Gasteiger partial charge on any atom is -0.366 e. The van der Waals surface area contributed by atoms with Crippen molar-refractivity contribution >= 4 is 23.2 Å². The second kappa shape index (κ2) is 7.19. The molecule has 1 aliphatic carbocycles. The van der Waals surface area contributed by atoms with E-state index in [9.17, 15) is 9.18 Å². The second-order valence-electron chi connectivity index (χ2n) is 6.70. The number of para-hydroxylation sites is 1. The van der Waals surface area contributed by atoms with Crippen molar-refractivity contribution in [2.24, 2.45) is 0 Å². The first-order valence-electron chi connectivity index (χ1n) is 8.97. The number of carbonyl (C=O) groups is 1. The number of anilines is 3. The van der Waals surface area contributed by atoms with Gasteiger partial charge in [0.25, 0.3) is 0 Å². The van der Waals surface area contributed by atoms with Gasteiger partial charge in [-0.25, -0.2) is 14.2 Å². The first-order valence-corrected chi connectivity index (χ1v) is 8.97. The van der Waals surface area contributed by atoms with Crippen molar-refractivity contribution in [3.63, 3.8) is 0 Å². The van der Waals surface area contributed by atoms with Crippen LogP contribution in [0.3, 0.4) is 0 Å². The number of aromatic nitrogens is 1. The highest BCUT2D eigenvalue weighted by Crippen LogP contribution is 2.23. The molecule has 1 saturated heterocycles. The van der Waals surface area contributed by atoms with E-state index >= 15 is 0 Å². The Morgan fingerprint density at radius 3 is 2.42 bits per heavy atom. The van der Waals surface area contributed by atoms with E-state index in [0.29, 0.717) is 17.4 Å². The number of nitrogens with zero attached hydrogens (tertiary/aromatic N) is 3. The number of amides is 2. The lowest BCUT2D eigenvalue weighted by atomic mass is 10.2. The van der Waals surface area contributed by atoms with E-state index in [0.717, 1.165) is 44.8 Å². The Kier molecular flexibility index (Phi) is 4.60. The number of pyridine rings is 1. The van der Waals surface area contributed by atoms with Crippen molar-refractivity contribution in [2.45, 2.75) is 18.9 Å². The first-order chi connectivity index (χ1) is 12.7. The maximum absolute atomic E-state index is 13.9. The lowest BCUT2D eigenvalue weighted by molar-refractivity contribution is 0.251. The molecule has 0 unspecified atom stereocenters. The molecule has 2 amide bonds. The molecule has 0 bridgehead atoms. The van der Waals surface area contributed by atoms with Crippen LogP contribution < -0.4 is 20.4 Å². The summed E-state index contributed by atoms with van der Waals surface area (Å²) >= 11 is 0. The lowest BCUT2D eigenvalue weighted by Gasteiger charge is -2.36. The number of carbonyl (C=O) groups excluding carboxylic acids is 1. The molecule has 6 nitrogen and oxygen atoms in total. The predicted octanol–water partition coefficient (Wildman–Crippen LogP) is 2.83. The number of nitrogens with one attached hydrogen (secondary N) is 2. The minimum absolute atomic E-state index is 0.180. The highest BCUT2D eigenvalue weighted by atomic mass is 19.1. The summed E-state index contributed by atoms with van der Waals surface area (Å²) in [6.07, 6.45) is 3.79. The third-order valence-corrected chi connectivity index (χ3v) is 4.72. The van der Waals surface area contributed by atoms with Gasteiger partial charge in [-0.3, -0.25) is 0 Å². The van der Waals surface area contributed by atoms with Crippen molar-refractivity contribution in [2.75, 3.05) is 41.3 Å². The summed E-state index contributed by atoms with van der Waals surface area (Å²) in [4.78, 5) is 20.4. The van der Waals surface area contributed by atoms with Crippen LogP contribution in [0.25, 0.3) is 0 Å². The fourth-order valence-corrected chi connectivity index (χ4v) is 3.11. The van der Waals surface area contributed by atoms with Crippen LogP contribution in [-0.2, 0) is 0 Å². The Bertz CT molecular complexity index is 770. The Labute approximate surface area is 152 Å². The fourth-order valence-electron chi connectivity index (χ4n) is 3.11. The van der Waals surface area contributed by atoms with E-state index in [1.807, 2.05) is 24.3 Å². The summed E-state index contributed by atoms with van der Waals surface area (Å²) in [6.45, 7) is 3.03. The standard InChI is InChI=1S/C19H22FN5O/c20-16-3-1-2-4-17(16)24-9-11-25(12-10-24)18-8-7-15(13-21-18)23-19(26)22-14-5-6-14/h1-4,7-8,13-14H,5-6,9-12H2,(H2,22,23,26). The molecule has 2 aliphatic rings. The van der Waals surface area contributed by atoms with Crippen molar-refractivity contribution in [3.05, 3.63) is 48.4 Å². The summed E-state index contributed by atoms with van der Waals surface area (Å²) < 4.78 is 13.9. The second-order valence-corrected chi connectivity index (χ2v) is 6.70. The molecule has 136 valence electrons. The van der Waals surface area contributed by atoms with Gasteiger partial charge in [0.1, 0.15) is 11.6 Å². The van der Waals surface area contributed by atoms with Crippen LogP contribution in [0.1, 0.15) is 12.8 Å². The summed E-state index contributed by atoms with van der Waals surface area (Å²) in [5.41, 5.74) is 1.33. The zero-order chi connectivity index (χ0) is 17.9. The molecule has 2 aromatic rings. The molecule has 7 heteroatoms. The van der Waals surface area contributed by atoms with Crippen LogP contribution in [0, 0.1) is 5.82 Å². The predicted molar refractivity (Wildman–Crippen MR) is 100 cm³/mol. The van der Waals surface area contributed by atoms with Crippen LogP contribution in [-0.4, -0.2) is 43.2 Å². The van der Waals surface area contributed by atoms with E-state index in [1.165, 1.54) is 6.07 Å². The number of hydrogen-bond donors (Lipinski definition) is 2. The number of rotatable bonds is 4. The molecule has 2 N–H and O–H groups in total. The van der Waals surface area contributed by atoms with Gasteiger partial charge in [0, 0.05) is 32.2 Å². The minimum atomic E-state index is -0.182. The molecule has 2 fully saturated rings. The Balaban J connectivity index is 1.32. The molecular formula is C19H22FN5O. The van der Waals surface area contributed by atoms with Gasteiger partial charge in [0.2, 0.25) is 0 Å². The third kappa shape index (κ3) is 3.87. The van der Waals surface area contributed by atoms with Crippen molar-refractivity contribution in [3.8, 4) is 0 Å². The molecule has 1 saturated carbocycles. The number of urea groups is 1. The molecule has 26 heavy (non-hydrogen) atoms. The zero-order valence-electron chi connectivity index (χ0n) is 14.5. The van der Waals surface area contributed by atoms with Crippen molar-refractivity contribution in [1.29, 1.82) is 0 Å². The Morgan fingerprint density at radius 1 is 1.04 bits per heavy atom. The maximum atomic E-state index is 13.9. The van der Waals surface area contributed by atoms with Crippen LogP contribution in [0.15, 0.2) is 42.6 Å². The number of piperazine rings is 1. The van der Waals surface area contributed by atoms with Gasteiger partial charge in [0.05, 0.1) is 17.6 Å². The van der Waals surface area contributed by atoms with Crippen LogP contribution in [0.4, 0.5) is 26.4 Å². The summed E-state index contributed by atoms with van der Waals surface area (Å²) in [5.74, 6) is 0.685. The van der Waals surface area contributed by atoms with Gasteiger partial charge >= 0.3 is 6.03 Å². The van der Waals surface area contributed by atoms with Crippen molar-refractivity contribution in [1.82, 2.24) is 10.3 Å². The molecule has 2 heterocycles. The van der Waals surface area contributed by atoms with E-state index in [-0.39, 0.29) is 11.8 Å². The molecule has 1 aliphatic heterocycles. The van der Waals surface area contributed by atoms with Gasteiger partial charge in [-0.2, -0.15) is 0 Å². The average molecular weight is 355 g/mol. The topological polar surface area (TPSA) is 60.5 Å². The van der Waals surface area contributed by atoms with E-state index in [2.05, 4.69) is 25.4 Å².